The summed E-state index contributed by atoms with van der Waals surface area (Å²) in [5.41, 5.74) is 7.21. The maximum absolute atomic E-state index is 12.6. The lowest BCUT2D eigenvalue weighted by Crippen LogP contribution is -2.50. The average molecular weight is 422 g/mol. The van der Waals surface area contributed by atoms with Crippen molar-refractivity contribution in [1.29, 1.82) is 0 Å². The van der Waals surface area contributed by atoms with Gasteiger partial charge in [-0.25, -0.2) is 10.2 Å². The first-order chi connectivity index (χ1) is 15.1. The second-order valence-corrected chi connectivity index (χ2v) is 7.48. The first-order valence-corrected chi connectivity index (χ1v) is 10.3. The zero-order valence-electron chi connectivity index (χ0n) is 17.4. The molecule has 1 aliphatic rings. The summed E-state index contributed by atoms with van der Waals surface area (Å²) in [7, 11) is 0. The number of amides is 3. The molecule has 0 bridgehead atoms. The Labute approximate surface area is 180 Å². The van der Waals surface area contributed by atoms with Gasteiger partial charge in [-0.2, -0.15) is 0 Å². The van der Waals surface area contributed by atoms with Crippen LogP contribution in [-0.2, 0) is 4.74 Å². The van der Waals surface area contributed by atoms with Gasteiger partial charge in [-0.15, -0.1) is 0 Å². The van der Waals surface area contributed by atoms with Crippen LogP contribution in [0.1, 0.15) is 27.7 Å². The summed E-state index contributed by atoms with van der Waals surface area (Å²) < 4.78 is 11.1. The number of fused-ring (bicyclic) bond motifs is 1. The van der Waals surface area contributed by atoms with E-state index in [1.54, 1.807) is 6.07 Å². The zero-order valence-corrected chi connectivity index (χ0v) is 17.4. The molecule has 8 heteroatoms. The second kappa shape index (κ2) is 9.63. The zero-order chi connectivity index (χ0) is 21.6. The third kappa shape index (κ3) is 5.04. The Hall–Kier alpha value is -3.36. The van der Waals surface area contributed by atoms with Gasteiger partial charge in [0.2, 0.25) is 0 Å². The van der Waals surface area contributed by atoms with Crippen molar-refractivity contribution in [2.75, 3.05) is 32.8 Å². The van der Waals surface area contributed by atoms with Gasteiger partial charge in [0, 0.05) is 30.6 Å². The van der Waals surface area contributed by atoms with E-state index in [-0.39, 0.29) is 11.8 Å². The molecule has 1 aliphatic heterocycles. The van der Waals surface area contributed by atoms with Crippen molar-refractivity contribution in [2.45, 2.75) is 13.0 Å². The molecule has 3 N–H and O–H groups in total. The number of para-hydroxylation sites is 1. The summed E-state index contributed by atoms with van der Waals surface area (Å²) in [4.78, 5) is 27.3. The van der Waals surface area contributed by atoms with E-state index in [2.05, 4.69) is 21.1 Å². The number of ether oxygens (including phenoxy) is 1. The highest BCUT2D eigenvalue weighted by atomic mass is 16.5. The van der Waals surface area contributed by atoms with Crippen molar-refractivity contribution in [2.24, 2.45) is 0 Å². The molecular formula is C23H26N4O4. The molecule has 0 aliphatic carbocycles. The van der Waals surface area contributed by atoms with Gasteiger partial charge in [-0.3, -0.25) is 15.1 Å². The molecule has 1 fully saturated rings. The van der Waals surface area contributed by atoms with Crippen LogP contribution in [0, 0.1) is 6.92 Å². The Bertz CT molecular complexity index is 1040. The van der Waals surface area contributed by atoms with Gasteiger partial charge in [0.05, 0.1) is 19.3 Å². The number of hydrazine groups is 1. The molecule has 0 spiro atoms. The second-order valence-electron chi connectivity index (χ2n) is 7.48. The fourth-order valence-corrected chi connectivity index (χ4v) is 3.72. The maximum Gasteiger partial charge on any atom is 0.334 e. The van der Waals surface area contributed by atoms with Gasteiger partial charge in [0.15, 0.2) is 5.76 Å². The van der Waals surface area contributed by atoms with Crippen LogP contribution in [0.3, 0.4) is 0 Å². The number of benzene rings is 2. The van der Waals surface area contributed by atoms with Crippen LogP contribution < -0.4 is 16.2 Å². The highest BCUT2D eigenvalue weighted by molar-refractivity contribution is 5.99. The molecule has 0 unspecified atom stereocenters. The van der Waals surface area contributed by atoms with Crippen LogP contribution in [0.5, 0.6) is 0 Å². The number of rotatable bonds is 5. The van der Waals surface area contributed by atoms with E-state index in [9.17, 15) is 9.59 Å². The first-order valence-electron chi connectivity index (χ1n) is 10.3. The smallest absolute Gasteiger partial charge is 0.334 e. The van der Waals surface area contributed by atoms with E-state index in [0.717, 1.165) is 29.6 Å². The Morgan fingerprint density at radius 3 is 2.45 bits per heavy atom. The van der Waals surface area contributed by atoms with Crippen molar-refractivity contribution >= 4 is 22.9 Å². The molecule has 8 nitrogen and oxygen atoms in total. The quantitative estimate of drug-likeness (QED) is 0.550. The van der Waals surface area contributed by atoms with Crippen LogP contribution in [0.25, 0.3) is 11.0 Å². The lowest BCUT2D eigenvalue weighted by molar-refractivity contribution is 0.0339. The molecule has 0 saturated carbocycles. The van der Waals surface area contributed by atoms with Crippen LogP contribution in [-0.4, -0.2) is 49.7 Å². The SMILES string of the molecule is Cc1c(C(=O)NNC(=O)N[C@@H](CN2CCOCC2)c2ccccc2)oc2ccccc12. The number of furan rings is 1. The lowest BCUT2D eigenvalue weighted by Gasteiger charge is -2.31. The van der Waals surface area contributed by atoms with E-state index in [0.29, 0.717) is 25.3 Å². The molecule has 0 radical (unpaired) electrons. The minimum Gasteiger partial charge on any atom is -0.451 e. The normalized spacial score (nSPS) is 15.4. The Balaban J connectivity index is 1.38. The molecule has 2 aromatic carbocycles. The molecule has 3 amide bonds. The van der Waals surface area contributed by atoms with E-state index < -0.39 is 11.9 Å². The largest absolute Gasteiger partial charge is 0.451 e. The van der Waals surface area contributed by atoms with E-state index in [1.807, 2.05) is 55.5 Å². The lowest BCUT2D eigenvalue weighted by atomic mass is 10.1. The van der Waals surface area contributed by atoms with Crippen LogP contribution in [0.4, 0.5) is 4.79 Å². The molecule has 31 heavy (non-hydrogen) atoms. The molecule has 162 valence electrons. The third-order valence-corrected chi connectivity index (χ3v) is 5.39. The first kappa shape index (κ1) is 20.9. The standard InChI is InChI=1S/C23H26N4O4/c1-16-18-9-5-6-10-20(18)31-21(16)22(28)25-26-23(29)24-19(17-7-3-2-4-8-17)15-27-11-13-30-14-12-27/h2-10,19H,11-15H2,1H3,(H,25,28)(H2,24,26,29)/t19-/m0/s1. The van der Waals surface area contributed by atoms with Gasteiger partial charge in [0.25, 0.3) is 0 Å². The number of nitrogens with one attached hydrogen (secondary N) is 3. The number of hydrogen-bond acceptors (Lipinski definition) is 5. The topological polar surface area (TPSA) is 95.8 Å². The summed E-state index contributed by atoms with van der Waals surface area (Å²) in [6.45, 7) is 5.45. The molecule has 4 rings (SSSR count). The molecule has 3 aromatic rings. The van der Waals surface area contributed by atoms with E-state index in [1.165, 1.54) is 0 Å². The predicted octanol–water partition coefficient (Wildman–Crippen LogP) is 2.76. The number of carbonyl (C=O) groups is 2. The van der Waals surface area contributed by atoms with Crippen LogP contribution in [0.2, 0.25) is 0 Å². The van der Waals surface area contributed by atoms with Crippen molar-refractivity contribution in [1.82, 2.24) is 21.1 Å². The summed E-state index contributed by atoms with van der Waals surface area (Å²) in [6.07, 6.45) is 0. The Morgan fingerprint density at radius 2 is 1.71 bits per heavy atom. The van der Waals surface area contributed by atoms with Crippen molar-refractivity contribution in [3.05, 3.63) is 71.5 Å². The number of morpholine rings is 1. The van der Waals surface area contributed by atoms with E-state index in [4.69, 9.17) is 9.15 Å². The molecule has 1 atom stereocenters. The third-order valence-electron chi connectivity index (χ3n) is 5.39. The van der Waals surface area contributed by atoms with Gasteiger partial charge < -0.3 is 14.5 Å². The molecule has 1 aromatic heterocycles. The van der Waals surface area contributed by atoms with Crippen LogP contribution in [0.15, 0.2) is 59.0 Å². The number of nitrogens with zero attached hydrogens (tertiary/aromatic N) is 1. The summed E-state index contributed by atoms with van der Waals surface area (Å²) >= 11 is 0. The summed E-state index contributed by atoms with van der Waals surface area (Å²) in [6, 6.07) is 16.5. The fourth-order valence-electron chi connectivity index (χ4n) is 3.72. The molecule has 2 heterocycles. The number of urea groups is 1. The number of aryl methyl sites for hydroxylation is 1. The Morgan fingerprint density at radius 1 is 1.00 bits per heavy atom. The molecular weight excluding hydrogens is 396 g/mol. The number of carbonyl (C=O) groups excluding carboxylic acids is 2. The highest BCUT2D eigenvalue weighted by Gasteiger charge is 2.21. The summed E-state index contributed by atoms with van der Waals surface area (Å²) in [5, 5.41) is 3.82. The monoisotopic (exact) mass is 422 g/mol. The van der Waals surface area contributed by atoms with Crippen molar-refractivity contribution < 1.29 is 18.7 Å². The van der Waals surface area contributed by atoms with Crippen LogP contribution >= 0.6 is 0 Å². The minimum absolute atomic E-state index is 0.175. The minimum atomic E-state index is -0.506. The van der Waals surface area contributed by atoms with Gasteiger partial charge in [-0.1, -0.05) is 48.5 Å². The van der Waals surface area contributed by atoms with Crippen molar-refractivity contribution in [3.8, 4) is 0 Å². The predicted molar refractivity (Wildman–Crippen MR) is 117 cm³/mol. The average Bonchev–Trinajstić information content (AvgIpc) is 3.15. The Kier molecular flexibility index (Phi) is 6.49. The highest BCUT2D eigenvalue weighted by Crippen LogP contribution is 2.24. The van der Waals surface area contributed by atoms with Gasteiger partial charge in [0.1, 0.15) is 5.58 Å². The van der Waals surface area contributed by atoms with Gasteiger partial charge in [-0.05, 0) is 18.6 Å². The fraction of sp³-hybridized carbons (Fsp3) is 0.304. The summed E-state index contributed by atoms with van der Waals surface area (Å²) in [5.74, 6) is -0.331. The molecule has 1 saturated heterocycles. The van der Waals surface area contributed by atoms with Gasteiger partial charge >= 0.3 is 11.9 Å². The van der Waals surface area contributed by atoms with Crippen molar-refractivity contribution in [3.63, 3.8) is 0 Å². The number of hydrogen-bond donors (Lipinski definition) is 3. The maximum atomic E-state index is 12.6. The van der Waals surface area contributed by atoms with E-state index >= 15 is 0 Å².